The summed E-state index contributed by atoms with van der Waals surface area (Å²) in [7, 11) is 1.51. The molecule has 1 aromatic carbocycles. The van der Waals surface area contributed by atoms with Gasteiger partial charge in [-0.3, -0.25) is 4.79 Å². The summed E-state index contributed by atoms with van der Waals surface area (Å²) in [5.74, 6) is 0.0160. The van der Waals surface area contributed by atoms with Gasteiger partial charge in [-0.25, -0.2) is 0 Å². The average molecular weight is 425 g/mol. The van der Waals surface area contributed by atoms with Crippen LogP contribution in [-0.2, 0) is 16.7 Å². The fourth-order valence-electron chi connectivity index (χ4n) is 2.98. The second-order valence-corrected chi connectivity index (χ2v) is 9.28. The maximum Gasteiger partial charge on any atom is 0.283 e. The highest BCUT2D eigenvalue weighted by molar-refractivity contribution is 7.09. The van der Waals surface area contributed by atoms with E-state index >= 15 is 0 Å². The smallest absolute Gasteiger partial charge is 0.283 e. The zero-order valence-electron chi connectivity index (χ0n) is 16.4. The van der Waals surface area contributed by atoms with Crippen LogP contribution in [0.3, 0.4) is 0 Å². The number of thiazole rings is 1. The van der Waals surface area contributed by atoms with E-state index in [9.17, 15) is 9.90 Å². The Morgan fingerprint density at radius 1 is 1.43 bits per heavy atom. The Morgan fingerprint density at radius 3 is 2.79 bits per heavy atom. The second-order valence-electron chi connectivity index (χ2n) is 7.83. The van der Waals surface area contributed by atoms with Gasteiger partial charge in [0.25, 0.3) is 5.91 Å². The minimum Gasteiger partial charge on any atom is -0.496 e. The molecule has 0 unspecified atom stereocenters. The van der Waals surface area contributed by atoms with Crippen molar-refractivity contribution in [3.05, 3.63) is 44.7 Å². The summed E-state index contributed by atoms with van der Waals surface area (Å²) in [6.07, 6.45) is 2.58. The molecule has 1 fully saturated rings. The Morgan fingerprint density at radius 2 is 2.18 bits per heavy atom. The van der Waals surface area contributed by atoms with Crippen molar-refractivity contribution in [2.45, 2.75) is 58.0 Å². The van der Waals surface area contributed by atoms with Crippen molar-refractivity contribution < 1.29 is 19.4 Å². The Hall–Kier alpha value is -1.67. The van der Waals surface area contributed by atoms with Crippen molar-refractivity contribution in [1.82, 2.24) is 4.57 Å². The van der Waals surface area contributed by atoms with Crippen LogP contribution in [0.5, 0.6) is 5.75 Å². The number of aliphatic hydroxyl groups is 1. The maximum atomic E-state index is 12.9. The molecule has 6 nitrogen and oxygen atoms in total. The van der Waals surface area contributed by atoms with E-state index in [4.69, 9.17) is 21.1 Å². The molecule has 0 aliphatic carbocycles. The summed E-state index contributed by atoms with van der Waals surface area (Å²) < 4.78 is 12.7. The molecular weight excluding hydrogens is 400 g/mol. The Labute approximate surface area is 173 Å². The van der Waals surface area contributed by atoms with Gasteiger partial charge >= 0.3 is 0 Å². The van der Waals surface area contributed by atoms with Gasteiger partial charge in [0.2, 0.25) is 0 Å². The maximum absolute atomic E-state index is 12.9. The largest absolute Gasteiger partial charge is 0.496 e. The predicted octanol–water partition coefficient (Wildman–Crippen LogP) is 3.75. The molecule has 0 radical (unpaired) electrons. The number of hydrogen-bond acceptors (Lipinski definition) is 5. The van der Waals surface area contributed by atoms with Gasteiger partial charge in [0, 0.05) is 22.5 Å². The second kappa shape index (κ2) is 8.37. The van der Waals surface area contributed by atoms with E-state index in [1.807, 2.05) is 10.8 Å². The third-order valence-corrected chi connectivity index (χ3v) is 6.21. The Balaban J connectivity index is 2.00. The normalized spacial score (nSPS) is 20.6. The van der Waals surface area contributed by atoms with E-state index in [2.05, 4.69) is 25.8 Å². The number of carbonyl (C=O) groups is 1. The highest BCUT2D eigenvalue weighted by Gasteiger charge is 2.25. The number of methoxy groups -OCH3 is 1. The number of nitrogens with zero attached hydrogens (tertiary/aromatic N) is 2. The summed E-state index contributed by atoms with van der Waals surface area (Å²) in [5.41, 5.74) is 0.243. The van der Waals surface area contributed by atoms with Crippen LogP contribution in [0.2, 0.25) is 5.02 Å². The molecule has 2 heterocycles. The monoisotopic (exact) mass is 424 g/mol. The van der Waals surface area contributed by atoms with Crippen molar-refractivity contribution in [1.29, 1.82) is 0 Å². The first-order valence-corrected chi connectivity index (χ1v) is 10.3. The molecule has 0 bridgehead atoms. The van der Waals surface area contributed by atoms with E-state index in [0.717, 1.165) is 11.3 Å². The standard InChI is InChI=1S/C20H25ClN2O4S/c1-20(2,3)16-11-23(10-13-6-8-17(24)27-13)19(28-16)22-18(25)14-9-12(21)5-7-15(14)26-4/h5,7,9,11,13,17,24H,6,8,10H2,1-4H3/t13-,17-/m1/s1. The number of amides is 1. The third-order valence-electron chi connectivity index (χ3n) is 4.53. The summed E-state index contributed by atoms with van der Waals surface area (Å²) in [4.78, 5) is 18.9. The number of halogens is 1. The number of aromatic nitrogens is 1. The van der Waals surface area contributed by atoms with Gasteiger partial charge in [0.15, 0.2) is 11.1 Å². The molecule has 1 amide bonds. The molecular formula is C20H25ClN2O4S. The molecule has 0 saturated carbocycles. The number of ether oxygens (including phenoxy) is 2. The molecule has 152 valence electrons. The van der Waals surface area contributed by atoms with Gasteiger partial charge in [-0.2, -0.15) is 4.99 Å². The lowest BCUT2D eigenvalue weighted by molar-refractivity contribution is -0.0936. The fourth-order valence-corrected chi connectivity index (χ4v) is 4.21. The molecule has 2 atom stereocenters. The van der Waals surface area contributed by atoms with E-state index < -0.39 is 12.2 Å². The zero-order valence-corrected chi connectivity index (χ0v) is 18.0. The topological polar surface area (TPSA) is 73.0 Å². The van der Waals surface area contributed by atoms with Crippen LogP contribution in [0, 0.1) is 0 Å². The van der Waals surface area contributed by atoms with Gasteiger partial charge in [-0.1, -0.05) is 32.4 Å². The van der Waals surface area contributed by atoms with Crippen LogP contribution in [-0.4, -0.2) is 35.1 Å². The fraction of sp³-hybridized carbons (Fsp3) is 0.500. The first kappa shape index (κ1) is 21.0. The van der Waals surface area contributed by atoms with Crippen molar-refractivity contribution in [2.75, 3.05) is 7.11 Å². The van der Waals surface area contributed by atoms with Gasteiger partial charge in [0.05, 0.1) is 25.3 Å². The minimum absolute atomic E-state index is 0.0764. The van der Waals surface area contributed by atoms with E-state index in [1.54, 1.807) is 18.2 Å². The Kier molecular flexibility index (Phi) is 6.29. The van der Waals surface area contributed by atoms with Crippen LogP contribution in [0.25, 0.3) is 0 Å². The van der Waals surface area contributed by atoms with Gasteiger partial charge < -0.3 is 19.1 Å². The van der Waals surface area contributed by atoms with Crippen LogP contribution >= 0.6 is 22.9 Å². The summed E-state index contributed by atoms with van der Waals surface area (Å²) in [6, 6.07) is 4.89. The molecule has 2 aromatic rings. The zero-order chi connectivity index (χ0) is 20.5. The Bertz CT molecular complexity index is 929. The molecule has 0 spiro atoms. The van der Waals surface area contributed by atoms with E-state index in [1.165, 1.54) is 18.4 Å². The van der Waals surface area contributed by atoms with E-state index in [-0.39, 0.29) is 11.5 Å². The quantitative estimate of drug-likeness (QED) is 0.811. The molecule has 1 aromatic heterocycles. The highest BCUT2D eigenvalue weighted by Crippen LogP contribution is 2.27. The molecule has 1 aliphatic heterocycles. The van der Waals surface area contributed by atoms with Crippen molar-refractivity contribution >= 4 is 28.8 Å². The van der Waals surface area contributed by atoms with Crippen LogP contribution in [0.15, 0.2) is 29.4 Å². The number of carbonyl (C=O) groups excluding carboxylic acids is 1. The summed E-state index contributed by atoms with van der Waals surface area (Å²) in [6.45, 7) is 6.88. The lowest BCUT2D eigenvalue weighted by Crippen LogP contribution is -2.24. The van der Waals surface area contributed by atoms with Crippen molar-refractivity contribution in [2.24, 2.45) is 4.99 Å². The molecule has 3 rings (SSSR count). The van der Waals surface area contributed by atoms with Crippen molar-refractivity contribution in [3.8, 4) is 5.75 Å². The van der Waals surface area contributed by atoms with Gasteiger partial charge in [-0.05, 0) is 30.0 Å². The van der Waals surface area contributed by atoms with Crippen molar-refractivity contribution in [3.63, 3.8) is 0 Å². The first-order chi connectivity index (χ1) is 13.2. The SMILES string of the molecule is COc1ccc(Cl)cc1C(=O)N=c1sc(C(C)(C)C)cn1C[C@H]1CC[C@H](O)O1. The highest BCUT2D eigenvalue weighted by atomic mass is 35.5. The third kappa shape index (κ3) is 4.84. The number of hydrogen-bond donors (Lipinski definition) is 1. The lowest BCUT2D eigenvalue weighted by Gasteiger charge is -2.15. The first-order valence-electron chi connectivity index (χ1n) is 9.14. The molecule has 1 N–H and O–H groups in total. The number of benzene rings is 1. The van der Waals surface area contributed by atoms with Crippen LogP contribution in [0.1, 0.15) is 48.8 Å². The molecule has 8 heteroatoms. The number of aliphatic hydroxyl groups excluding tert-OH is 1. The summed E-state index contributed by atoms with van der Waals surface area (Å²) >= 11 is 7.53. The summed E-state index contributed by atoms with van der Waals surface area (Å²) in [5, 5.41) is 10.1. The molecule has 1 aliphatic rings. The van der Waals surface area contributed by atoms with Gasteiger partial charge in [-0.15, -0.1) is 11.3 Å². The van der Waals surface area contributed by atoms with Crippen LogP contribution < -0.4 is 9.54 Å². The molecule has 28 heavy (non-hydrogen) atoms. The van der Waals surface area contributed by atoms with E-state index in [0.29, 0.717) is 34.1 Å². The lowest BCUT2D eigenvalue weighted by atomic mass is 9.95. The minimum atomic E-state index is -0.718. The average Bonchev–Trinajstić information content (AvgIpc) is 3.21. The molecule has 1 saturated heterocycles. The predicted molar refractivity (Wildman–Crippen MR) is 109 cm³/mol. The number of rotatable bonds is 4. The van der Waals surface area contributed by atoms with Crippen LogP contribution in [0.4, 0.5) is 0 Å². The van der Waals surface area contributed by atoms with Gasteiger partial charge in [0.1, 0.15) is 5.75 Å².